The molecule has 0 atom stereocenters. The van der Waals surface area contributed by atoms with Crippen LogP contribution in [0.3, 0.4) is 0 Å². The van der Waals surface area contributed by atoms with Gasteiger partial charge in [-0.25, -0.2) is 0 Å². The van der Waals surface area contributed by atoms with E-state index in [1.807, 2.05) is 26.0 Å². The predicted molar refractivity (Wildman–Crippen MR) is 84.2 cm³/mol. The van der Waals surface area contributed by atoms with Crippen LogP contribution in [0.15, 0.2) is 12.1 Å². The van der Waals surface area contributed by atoms with Crippen molar-refractivity contribution in [1.29, 1.82) is 0 Å². The van der Waals surface area contributed by atoms with Gasteiger partial charge in [0.05, 0.1) is 13.0 Å². The van der Waals surface area contributed by atoms with Crippen molar-refractivity contribution < 1.29 is 14.6 Å². The molecule has 1 rings (SSSR count). The third-order valence-electron chi connectivity index (χ3n) is 2.99. The first-order valence-electron chi connectivity index (χ1n) is 7.07. The third kappa shape index (κ3) is 5.87. The lowest BCUT2D eigenvalue weighted by molar-refractivity contribution is -0.143. The molecule has 0 unspecified atom stereocenters. The van der Waals surface area contributed by atoms with Crippen molar-refractivity contribution in [1.82, 2.24) is 0 Å². The normalized spacial score (nSPS) is 10.6. The Balaban J connectivity index is 2.29. The maximum Gasteiger partial charge on any atom is 0.306 e. The average Bonchev–Trinajstić information content (AvgIpc) is 2.40. The molecule has 0 radical (unpaired) electrons. The number of benzene rings is 1. The number of thioether (sulfide) groups is 1. The van der Waals surface area contributed by atoms with Gasteiger partial charge in [-0.3, -0.25) is 4.79 Å². The summed E-state index contributed by atoms with van der Waals surface area (Å²) >= 11 is 1.64. The Morgan fingerprint density at radius 2 is 2.10 bits per heavy atom. The predicted octanol–water partition coefficient (Wildman–Crippen LogP) is 3.98. The number of ether oxygens (including phenoxy) is 1. The highest BCUT2D eigenvalue weighted by atomic mass is 32.2. The zero-order valence-electron chi connectivity index (χ0n) is 12.6. The van der Waals surface area contributed by atoms with E-state index in [-0.39, 0.29) is 5.97 Å². The minimum Gasteiger partial charge on any atom is -0.507 e. The maximum atomic E-state index is 11.4. The lowest BCUT2D eigenvalue weighted by atomic mass is 10.1. The molecule has 0 aliphatic heterocycles. The van der Waals surface area contributed by atoms with Gasteiger partial charge < -0.3 is 9.84 Å². The summed E-state index contributed by atoms with van der Waals surface area (Å²) in [5, 5.41) is 9.97. The number of hydrogen-bond acceptors (Lipinski definition) is 4. The summed E-state index contributed by atoms with van der Waals surface area (Å²) in [6.07, 6.45) is 2.39. The second-order valence-electron chi connectivity index (χ2n) is 4.97. The van der Waals surface area contributed by atoms with Gasteiger partial charge in [-0.1, -0.05) is 31.0 Å². The summed E-state index contributed by atoms with van der Waals surface area (Å²) in [6.45, 7) is 6.52. The van der Waals surface area contributed by atoms with Crippen LogP contribution >= 0.6 is 11.8 Å². The molecule has 0 aromatic heterocycles. The summed E-state index contributed by atoms with van der Waals surface area (Å²) in [7, 11) is 0. The Kier molecular flexibility index (Phi) is 7.52. The Morgan fingerprint density at radius 1 is 1.35 bits per heavy atom. The number of unbranched alkanes of at least 4 members (excludes halogenated alkanes) is 1. The largest absolute Gasteiger partial charge is 0.507 e. The van der Waals surface area contributed by atoms with Crippen LogP contribution in [0.1, 0.15) is 42.9 Å². The first kappa shape index (κ1) is 16.9. The fourth-order valence-corrected chi connectivity index (χ4v) is 2.79. The van der Waals surface area contributed by atoms with E-state index in [4.69, 9.17) is 4.74 Å². The molecule has 0 fully saturated rings. The van der Waals surface area contributed by atoms with E-state index in [9.17, 15) is 9.90 Å². The molecule has 0 spiro atoms. The molecular formula is C16H24O3S. The molecule has 1 aromatic carbocycles. The van der Waals surface area contributed by atoms with Crippen LogP contribution in [0.5, 0.6) is 5.75 Å². The van der Waals surface area contributed by atoms with Gasteiger partial charge in [-0.05, 0) is 25.8 Å². The van der Waals surface area contributed by atoms with E-state index >= 15 is 0 Å². The number of hydrogen-bond donors (Lipinski definition) is 1. The third-order valence-corrected chi connectivity index (χ3v) is 4.00. The first-order valence-corrected chi connectivity index (χ1v) is 8.22. The van der Waals surface area contributed by atoms with Crippen LogP contribution in [-0.4, -0.2) is 23.4 Å². The number of aromatic hydroxyl groups is 1. The molecule has 112 valence electrons. The average molecular weight is 296 g/mol. The second kappa shape index (κ2) is 8.90. The minimum atomic E-state index is -0.129. The highest BCUT2D eigenvalue weighted by molar-refractivity contribution is 7.98. The van der Waals surface area contributed by atoms with Crippen molar-refractivity contribution in [2.24, 2.45) is 0 Å². The molecule has 3 nitrogen and oxygen atoms in total. The molecule has 0 amide bonds. The van der Waals surface area contributed by atoms with Crippen LogP contribution in [0.2, 0.25) is 0 Å². The Labute approximate surface area is 125 Å². The standard InChI is InChI=1S/C16H24O3S/c1-4-5-7-19-15(17)6-8-20-11-14-10-12(2)9-13(3)16(14)18/h9-10,18H,4-8,11H2,1-3H3. The Bertz CT molecular complexity index is 444. The van der Waals surface area contributed by atoms with Gasteiger partial charge in [-0.15, -0.1) is 0 Å². The number of carbonyl (C=O) groups excluding carboxylic acids is 1. The summed E-state index contributed by atoms with van der Waals surface area (Å²) < 4.78 is 5.10. The number of aryl methyl sites for hydroxylation is 2. The molecule has 20 heavy (non-hydrogen) atoms. The van der Waals surface area contributed by atoms with Gasteiger partial charge in [0.25, 0.3) is 0 Å². The molecule has 0 aliphatic carbocycles. The fourth-order valence-electron chi connectivity index (χ4n) is 1.90. The SMILES string of the molecule is CCCCOC(=O)CCSCc1cc(C)cc(C)c1O. The lowest BCUT2D eigenvalue weighted by Crippen LogP contribution is -2.06. The zero-order valence-corrected chi connectivity index (χ0v) is 13.4. The molecule has 0 heterocycles. The molecule has 0 saturated heterocycles. The maximum absolute atomic E-state index is 11.4. The van der Waals surface area contributed by atoms with Crippen molar-refractivity contribution >= 4 is 17.7 Å². The summed E-state index contributed by atoms with van der Waals surface area (Å²) in [5.41, 5.74) is 2.99. The van der Waals surface area contributed by atoms with Crippen LogP contribution in [0, 0.1) is 13.8 Å². The van der Waals surface area contributed by atoms with Gasteiger partial charge >= 0.3 is 5.97 Å². The quantitative estimate of drug-likeness (QED) is 0.582. The van der Waals surface area contributed by atoms with E-state index in [2.05, 4.69) is 6.92 Å². The molecule has 0 aliphatic rings. The van der Waals surface area contributed by atoms with Gasteiger partial charge in [-0.2, -0.15) is 11.8 Å². The second-order valence-corrected chi connectivity index (χ2v) is 6.07. The lowest BCUT2D eigenvalue weighted by Gasteiger charge is -2.09. The zero-order chi connectivity index (χ0) is 15.0. The van der Waals surface area contributed by atoms with E-state index in [1.54, 1.807) is 11.8 Å². The number of phenols is 1. The minimum absolute atomic E-state index is 0.129. The van der Waals surface area contributed by atoms with Crippen molar-refractivity contribution in [2.45, 2.75) is 45.8 Å². The molecule has 4 heteroatoms. The van der Waals surface area contributed by atoms with E-state index in [0.29, 0.717) is 18.8 Å². The van der Waals surface area contributed by atoms with Crippen molar-refractivity contribution in [3.63, 3.8) is 0 Å². The van der Waals surface area contributed by atoms with E-state index < -0.39 is 0 Å². The highest BCUT2D eigenvalue weighted by Gasteiger charge is 2.07. The van der Waals surface area contributed by atoms with Crippen LogP contribution < -0.4 is 0 Å². The molecule has 1 aromatic rings. The molecule has 0 saturated carbocycles. The number of phenolic OH excluding ortho intramolecular Hbond substituents is 1. The monoisotopic (exact) mass is 296 g/mol. The van der Waals surface area contributed by atoms with Gasteiger partial charge in [0.1, 0.15) is 5.75 Å². The Morgan fingerprint density at radius 3 is 2.80 bits per heavy atom. The van der Waals surface area contributed by atoms with E-state index in [0.717, 1.165) is 41.0 Å². The summed E-state index contributed by atoms with van der Waals surface area (Å²) in [5.74, 6) is 1.68. The van der Waals surface area contributed by atoms with Crippen molar-refractivity contribution in [2.75, 3.05) is 12.4 Å². The molecular weight excluding hydrogens is 272 g/mol. The topological polar surface area (TPSA) is 46.5 Å². The van der Waals surface area contributed by atoms with Gasteiger partial charge in [0, 0.05) is 17.1 Å². The van der Waals surface area contributed by atoms with Gasteiger partial charge in [0.15, 0.2) is 0 Å². The van der Waals surface area contributed by atoms with E-state index in [1.165, 1.54) is 0 Å². The molecule has 1 N–H and O–H groups in total. The van der Waals surface area contributed by atoms with Crippen LogP contribution in [0.25, 0.3) is 0 Å². The molecule has 0 bridgehead atoms. The fraction of sp³-hybridized carbons (Fsp3) is 0.562. The first-order chi connectivity index (χ1) is 9.54. The number of carbonyl (C=O) groups is 1. The van der Waals surface area contributed by atoms with Crippen LogP contribution in [0.4, 0.5) is 0 Å². The number of esters is 1. The van der Waals surface area contributed by atoms with Crippen LogP contribution in [-0.2, 0) is 15.3 Å². The highest BCUT2D eigenvalue weighted by Crippen LogP contribution is 2.27. The summed E-state index contributed by atoms with van der Waals surface area (Å²) in [6, 6.07) is 3.96. The smallest absolute Gasteiger partial charge is 0.306 e. The Hall–Kier alpha value is -1.16. The van der Waals surface area contributed by atoms with Gasteiger partial charge in [0.2, 0.25) is 0 Å². The summed E-state index contributed by atoms with van der Waals surface area (Å²) in [4.78, 5) is 11.4. The van der Waals surface area contributed by atoms with Crippen molar-refractivity contribution in [3.05, 3.63) is 28.8 Å². The van der Waals surface area contributed by atoms with Crippen molar-refractivity contribution in [3.8, 4) is 5.75 Å². The number of rotatable bonds is 8.